The van der Waals surface area contributed by atoms with Crippen LogP contribution in [0.2, 0.25) is 0 Å². The van der Waals surface area contributed by atoms with Gasteiger partial charge in [-0.25, -0.2) is 0 Å². The molecule has 1 N–H and O–H groups in total. The van der Waals surface area contributed by atoms with E-state index in [-0.39, 0.29) is 0 Å². The van der Waals surface area contributed by atoms with Crippen molar-refractivity contribution in [2.24, 2.45) is 17.8 Å². The van der Waals surface area contributed by atoms with Crippen molar-refractivity contribution >= 4 is 0 Å². The molecule has 3 rings (SSSR count). The van der Waals surface area contributed by atoms with E-state index in [0.29, 0.717) is 6.04 Å². The van der Waals surface area contributed by atoms with Crippen LogP contribution in [-0.4, -0.2) is 6.04 Å². The van der Waals surface area contributed by atoms with Gasteiger partial charge in [-0.1, -0.05) is 24.6 Å². The van der Waals surface area contributed by atoms with E-state index in [0.717, 1.165) is 35.4 Å². The zero-order chi connectivity index (χ0) is 13.2. The van der Waals surface area contributed by atoms with Crippen LogP contribution < -0.4 is 5.32 Å². The van der Waals surface area contributed by atoms with Gasteiger partial charge in [0.15, 0.2) is 0 Å². The van der Waals surface area contributed by atoms with Crippen LogP contribution >= 0.6 is 0 Å². The van der Waals surface area contributed by atoms with Gasteiger partial charge in [-0.05, 0) is 55.6 Å². The Morgan fingerprint density at radius 2 is 2.16 bits per heavy atom. The Morgan fingerprint density at radius 3 is 2.84 bits per heavy atom. The van der Waals surface area contributed by atoms with E-state index in [1.165, 1.54) is 25.7 Å². The van der Waals surface area contributed by atoms with Crippen molar-refractivity contribution in [2.45, 2.75) is 45.2 Å². The average Bonchev–Trinajstić information content (AvgIpc) is 3.07. The maximum absolute atomic E-state index is 9.10. The normalized spacial score (nSPS) is 30.2. The topological polar surface area (TPSA) is 35.8 Å². The molecule has 2 saturated carbocycles. The number of nitriles is 1. The highest BCUT2D eigenvalue weighted by Crippen LogP contribution is 2.49. The SMILES string of the molecule is CC(NCc1ccccc1C#N)C1CC2CCC1C2. The smallest absolute Gasteiger partial charge is 0.0995 e. The van der Waals surface area contributed by atoms with Gasteiger partial charge in [0, 0.05) is 12.6 Å². The van der Waals surface area contributed by atoms with E-state index >= 15 is 0 Å². The van der Waals surface area contributed by atoms with Crippen LogP contribution in [0, 0.1) is 29.1 Å². The second kappa shape index (κ2) is 5.35. The second-order valence-corrected chi connectivity index (χ2v) is 6.28. The van der Waals surface area contributed by atoms with E-state index < -0.39 is 0 Å². The van der Waals surface area contributed by atoms with Crippen molar-refractivity contribution in [3.05, 3.63) is 35.4 Å². The number of nitrogens with zero attached hydrogens (tertiary/aromatic N) is 1. The maximum atomic E-state index is 9.10. The minimum atomic E-state index is 0.571. The average molecular weight is 254 g/mol. The quantitative estimate of drug-likeness (QED) is 0.893. The fourth-order valence-electron chi connectivity index (χ4n) is 4.11. The molecule has 2 nitrogen and oxygen atoms in total. The minimum Gasteiger partial charge on any atom is -0.310 e. The summed E-state index contributed by atoms with van der Waals surface area (Å²) in [7, 11) is 0. The third-order valence-electron chi connectivity index (χ3n) is 5.19. The molecule has 2 bridgehead atoms. The lowest BCUT2D eigenvalue weighted by molar-refractivity contribution is 0.259. The molecule has 100 valence electrons. The highest BCUT2D eigenvalue weighted by Gasteiger charge is 2.41. The summed E-state index contributed by atoms with van der Waals surface area (Å²) in [6, 6.07) is 10.7. The van der Waals surface area contributed by atoms with Gasteiger partial charge >= 0.3 is 0 Å². The molecule has 0 spiro atoms. The number of benzene rings is 1. The van der Waals surface area contributed by atoms with Crippen molar-refractivity contribution < 1.29 is 0 Å². The molecule has 0 heterocycles. The van der Waals surface area contributed by atoms with Crippen LogP contribution in [0.1, 0.15) is 43.7 Å². The van der Waals surface area contributed by atoms with Crippen molar-refractivity contribution in [1.29, 1.82) is 5.26 Å². The monoisotopic (exact) mass is 254 g/mol. The summed E-state index contributed by atoms with van der Waals surface area (Å²) in [4.78, 5) is 0. The molecule has 4 atom stereocenters. The lowest BCUT2D eigenvalue weighted by Crippen LogP contribution is -2.36. The Hall–Kier alpha value is -1.33. The van der Waals surface area contributed by atoms with Gasteiger partial charge in [0.2, 0.25) is 0 Å². The Morgan fingerprint density at radius 1 is 1.32 bits per heavy atom. The number of rotatable bonds is 4. The molecule has 2 aliphatic rings. The Kier molecular flexibility index (Phi) is 3.57. The molecule has 2 aliphatic carbocycles. The summed E-state index contributed by atoms with van der Waals surface area (Å²) in [6.45, 7) is 3.14. The molecule has 1 aromatic carbocycles. The summed E-state index contributed by atoms with van der Waals surface area (Å²) >= 11 is 0. The molecular formula is C17H22N2. The third kappa shape index (κ3) is 2.53. The first-order valence-electron chi connectivity index (χ1n) is 7.49. The molecule has 0 amide bonds. The highest BCUT2D eigenvalue weighted by molar-refractivity contribution is 5.37. The summed E-state index contributed by atoms with van der Waals surface area (Å²) < 4.78 is 0. The first kappa shape index (κ1) is 12.7. The fourth-order valence-corrected chi connectivity index (χ4v) is 4.11. The van der Waals surface area contributed by atoms with Gasteiger partial charge in [-0.15, -0.1) is 0 Å². The molecular weight excluding hydrogens is 232 g/mol. The Bertz CT molecular complexity index is 488. The molecule has 4 unspecified atom stereocenters. The summed E-state index contributed by atoms with van der Waals surface area (Å²) in [5.74, 6) is 2.82. The Labute approximate surface area is 115 Å². The summed E-state index contributed by atoms with van der Waals surface area (Å²) in [5, 5.41) is 12.8. The van der Waals surface area contributed by atoms with Crippen molar-refractivity contribution in [2.75, 3.05) is 0 Å². The fraction of sp³-hybridized carbons (Fsp3) is 0.588. The predicted octanol–water partition coefficient (Wildman–Crippen LogP) is 3.47. The van der Waals surface area contributed by atoms with Gasteiger partial charge in [0.05, 0.1) is 11.6 Å². The standard InChI is InChI=1S/C17H22N2/c1-12(17-9-13-6-7-14(17)8-13)19-11-16-5-3-2-4-15(16)10-18/h2-5,12-14,17,19H,6-9,11H2,1H3. The zero-order valence-electron chi connectivity index (χ0n) is 11.6. The van der Waals surface area contributed by atoms with Crippen LogP contribution in [0.5, 0.6) is 0 Å². The minimum absolute atomic E-state index is 0.571. The van der Waals surface area contributed by atoms with E-state index in [2.05, 4.69) is 24.4 Å². The van der Waals surface area contributed by atoms with Crippen LogP contribution in [-0.2, 0) is 6.54 Å². The molecule has 0 radical (unpaired) electrons. The summed E-state index contributed by atoms with van der Waals surface area (Å²) in [5.41, 5.74) is 1.93. The molecule has 2 heteroatoms. The Balaban J connectivity index is 1.59. The molecule has 1 aromatic rings. The van der Waals surface area contributed by atoms with Crippen molar-refractivity contribution in [3.63, 3.8) is 0 Å². The first-order valence-corrected chi connectivity index (χ1v) is 7.49. The van der Waals surface area contributed by atoms with E-state index in [1.807, 2.05) is 18.2 Å². The van der Waals surface area contributed by atoms with Crippen LogP contribution in [0.3, 0.4) is 0 Å². The third-order valence-corrected chi connectivity index (χ3v) is 5.19. The summed E-state index contributed by atoms with van der Waals surface area (Å²) in [6.07, 6.45) is 5.78. The number of fused-ring (bicyclic) bond motifs is 2. The molecule has 0 aliphatic heterocycles. The molecule has 2 fully saturated rings. The molecule has 0 saturated heterocycles. The van der Waals surface area contributed by atoms with E-state index in [9.17, 15) is 0 Å². The van der Waals surface area contributed by atoms with Crippen LogP contribution in [0.15, 0.2) is 24.3 Å². The lowest BCUT2D eigenvalue weighted by Gasteiger charge is -2.28. The molecule has 19 heavy (non-hydrogen) atoms. The van der Waals surface area contributed by atoms with Crippen molar-refractivity contribution in [3.8, 4) is 6.07 Å². The zero-order valence-corrected chi connectivity index (χ0v) is 11.6. The van der Waals surface area contributed by atoms with Gasteiger partial charge in [-0.2, -0.15) is 5.26 Å². The first-order chi connectivity index (χ1) is 9.28. The van der Waals surface area contributed by atoms with Gasteiger partial charge in [-0.3, -0.25) is 0 Å². The van der Waals surface area contributed by atoms with E-state index in [1.54, 1.807) is 0 Å². The lowest BCUT2D eigenvalue weighted by atomic mass is 9.84. The number of hydrogen-bond donors (Lipinski definition) is 1. The number of hydrogen-bond acceptors (Lipinski definition) is 2. The number of nitrogens with one attached hydrogen (secondary N) is 1. The largest absolute Gasteiger partial charge is 0.310 e. The van der Waals surface area contributed by atoms with Crippen molar-refractivity contribution in [1.82, 2.24) is 5.32 Å². The highest BCUT2D eigenvalue weighted by atomic mass is 14.9. The van der Waals surface area contributed by atoms with Crippen LogP contribution in [0.25, 0.3) is 0 Å². The van der Waals surface area contributed by atoms with E-state index in [4.69, 9.17) is 5.26 Å². The van der Waals surface area contributed by atoms with Crippen LogP contribution in [0.4, 0.5) is 0 Å². The predicted molar refractivity (Wildman–Crippen MR) is 76.4 cm³/mol. The second-order valence-electron chi connectivity index (χ2n) is 6.28. The van der Waals surface area contributed by atoms with Gasteiger partial charge in [0.1, 0.15) is 0 Å². The molecule has 0 aromatic heterocycles. The maximum Gasteiger partial charge on any atom is 0.0995 e. The van der Waals surface area contributed by atoms with Gasteiger partial charge in [0.25, 0.3) is 0 Å². The van der Waals surface area contributed by atoms with Gasteiger partial charge < -0.3 is 5.32 Å².